The molecule has 0 bridgehead atoms. The van der Waals surface area contributed by atoms with Crippen LogP contribution in [-0.2, 0) is 0 Å². The minimum absolute atomic E-state index is 1.12. The molecule has 0 aliphatic heterocycles. The molecule has 0 amide bonds. The molecule has 0 saturated heterocycles. The molecule has 12 rings (SSSR count). The van der Waals surface area contributed by atoms with E-state index in [4.69, 9.17) is 0 Å². The topological polar surface area (TPSA) is 6.48 Å². The predicted molar refractivity (Wildman–Crippen MR) is 274 cm³/mol. The highest BCUT2D eigenvalue weighted by Gasteiger charge is 2.20. The maximum absolute atomic E-state index is 2.45. The van der Waals surface area contributed by atoms with Crippen LogP contribution in [0.2, 0.25) is 0 Å². The Labute approximate surface area is 373 Å². The Morgan fingerprint density at radius 3 is 0.750 bits per heavy atom. The van der Waals surface area contributed by atoms with Crippen LogP contribution in [-0.4, -0.2) is 0 Å². The number of hydrogen-bond donors (Lipinski definition) is 0. The normalized spacial score (nSPS) is 11.4. The zero-order valence-corrected chi connectivity index (χ0v) is 35.1. The number of fused-ring (bicyclic) bond motifs is 10. The van der Waals surface area contributed by atoms with Gasteiger partial charge in [-0.15, -0.1) is 0 Å². The SMILES string of the molecule is c1ccc(N(c2ccccc2)c2ccc(-c3cc4c5ccccc5c5cc(-c6ccc(N(c7ccccc7)c7ccccc7)cc6)c6ccccc6c5c4c4ccccc34)cc2)cc1. The Bertz CT molecular complexity index is 3300. The zero-order chi connectivity index (χ0) is 42.4. The summed E-state index contributed by atoms with van der Waals surface area (Å²) in [6, 6.07) is 92.5. The summed E-state index contributed by atoms with van der Waals surface area (Å²) >= 11 is 0. The largest absolute Gasteiger partial charge is 0.311 e. The summed E-state index contributed by atoms with van der Waals surface area (Å²) in [5.41, 5.74) is 11.6. The Morgan fingerprint density at radius 1 is 0.188 bits per heavy atom. The van der Waals surface area contributed by atoms with Gasteiger partial charge in [-0.3, -0.25) is 0 Å². The molecule has 300 valence electrons. The first-order valence-corrected chi connectivity index (χ1v) is 22.0. The van der Waals surface area contributed by atoms with Gasteiger partial charge >= 0.3 is 0 Å². The van der Waals surface area contributed by atoms with Crippen LogP contribution in [0.5, 0.6) is 0 Å². The molecule has 0 heterocycles. The number of hydrogen-bond acceptors (Lipinski definition) is 2. The highest BCUT2D eigenvalue weighted by atomic mass is 15.1. The maximum Gasteiger partial charge on any atom is 0.0462 e. The molecule has 12 aromatic rings. The smallest absolute Gasteiger partial charge is 0.0462 e. The lowest BCUT2D eigenvalue weighted by atomic mass is 9.84. The van der Waals surface area contributed by atoms with Crippen molar-refractivity contribution in [3.8, 4) is 22.3 Å². The van der Waals surface area contributed by atoms with Gasteiger partial charge in [0.05, 0.1) is 0 Å². The highest BCUT2D eigenvalue weighted by molar-refractivity contribution is 6.38. The van der Waals surface area contributed by atoms with Crippen molar-refractivity contribution in [3.05, 3.63) is 255 Å². The molecule has 0 radical (unpaired) electrons. The molecule has 0 unspecified atom stereocenters. The average molecular weight is 815 g/mol. The molecule has 0 spiro atoms. The van der Waals surface area contributed by atoms with Gasteiger partial charge in [0.1, 0.15) is 0 Å². The summed E-state index contributed by atoms with van der Waals surface area (Å²) in [5, 5.41) is 12.6. The standard InChI is InChI=1S/C62H42N2/c1-5-19-45(20-6-1)63(46-21-7-2-8-22-46)49-37-33-43(34-38-49)57-41-59-51-27-13-14-28-52(51)60-42-58(54-30-16-18-32-56(54)62(60)61(59)55-31-17-15-29-53(55)57)44-35-39-50(40-36-44)64(47-23-9-3-10-24-47)48-25-11-4-12-26-48/h1-42H. The van der Waals surface area contributed by atoms with Gasteiger partial charge in [0, 0.05) is 34.1 Å². The number of nitrogens with zero attached hydrogens (tertiary/aromatic N) is 2. The van der Waals surface area contributed by atoms with E-state index in [1.807, 2.05) is 0 Å². The van der Waals surface area contributed by atoms with Gasteiger partial charge in [0.25, 0.3) is 0 Å². The van der Waals surface area contributed by atoms with Crippen molar-refractivity contribution in [2.45, 2.75) is 0 Å². The van der Waals surface area contributed by atoms with Crippen molar-refractivity contribution in [1.82, 2.24) is 0 Å². The minimum atomic E-state index is 1.12. The van der Waals surface area contributed by atoms with E-state index in [0.717, 1.165) is 34.1 Å². The van der Waals surface area contributed by atoms with Gasteiger partial charge in [0.15, 0.2) is 0 Å². The van der Waals surface area contributed by atoms with Gasteiger partial charge < -0.3 is 9.80 Å². The Kier molecular flexibility index (Phi) is 9.20. The predicted octanol–water partition coefficient (Wildman–Crippen LogP) is 17.7. The van der Waals surface area contributed by atoms with E-state index in [0.29, 0.717) is 0 Å². The van der Waals surface area contributed by atoms with E-state index < -0.39 is 0 Å². The Balaban J connectivity index is 1.04. The molecule has 0 N–H and O–H groups in total. The first-order valence-electron chi connectivity index (χ1n) is 22.0. The molecule has 64 heavy (non-hydrogen) atoms. The second-order valence-corrected chi connectivity index (χ2v) is 16.4. The quantitative estimate of drug-likeness (QED) is 0.141. The van der Waals surface area contributed by atoms with Crippen molar-refractivity contribution in [2.75, 3.05) is 9.80 Å². The molecule has 0 fully saturated rings. The van der Waals surface area contributed by atoms with Crippen LogP contribution >= 0.6 is 0 Å². The fourth-order valence-corrected chi connectivity index (χ4v) is 9.93. The van der Waals surface area contributed by atoms with Crippen molar-refractivity contribution in [3.63, 3.8) is 0 Å². The monoisotopic (exact) mass is 814 g/mol. The molecule has 0 aliphatic carbocycles. The molecule has 12 aromatic carbocycles. The molecule has 2 nitrogen and oxygen atoms in total. The summed E-state index contributed by atoms with van der Waals surface area (Å²) in [5.74, 6) is 0. The average Bonchev–Trinajstić information content (AvgIpc) is 3.38. The van der Waals surface area contributed by atoms with Crippen LogP contribution in [0.4, 0.5) is 34.1 Å². The molecular formula is C62H42N2. The van der Waals surface area contributed by atoms with Crippen LogP contribution in [0.25, 0.3) is 76.1 Å². The summed E-state index contributed by atoms with van der Waals surface area (Å²) in [6.45, 7) is 0. The van der Waals surface area contributed by atoms with Crippen molar-refractivity contribution in [1.29, 1.82) is 0 Å². The highest BCUT2D eigenvalue weighted by Crippen LogP contribution is 2.48. The van der Waals surface area contributed by atoms with Gasteiger partial charge in [-0.1, -0.05) is 170 Å². The van der Waals surface area contributed by atoms with E-state index in [1.165, 1.54) is 76.1 Å². The van der Waals surface area contributed by atoms with Crippen LogP contribution in [0, 0.1) is 0 Å². The fourth-order valence-electron chi connectivity index (χ4n) is 9.93. The lowest BCUT2D eigenvalue weighted by Crippen LogP contribution is -2.09. The maximum atomic E-state index is 2.45. The van der Waals surface area contributed by atoms with Crippen LogP contribution in [0.15, 0.2) is 255 Å². The van der Waals surface area contributed by atoms with E-state index in [1.54, 1.807) is 0 Å². The summed E-state index contributed by atoms with van der Waals surface area (Å²) in [6.07, 6.45) is 0. The Hall–Kier alpha value is -8.46. The van der Waals surface area contributed by atoms with E-state index in [9.17, 15) is 0 Å². The van der Waals surface area contributed by atoms with Crippen molar-refractivity contribution >= 4 is 88.0 Å². The third kappa shape index (κ3) is 6.35. The summed E-state index contributed by atoms with van der Waals surface area (Å²) in [7, 11) is 0. The van der Waals surface area contributed by atoms with E-state index >= 15 is 0 Å². The van der Waals surface area contributed by atoms with Crippen LogP contribution in [0.1, 0.15) is 0 Å². The summed E-state index contributed by atoms with van der Waals surface area (Å²) < 4.78 is 0. The van der Waals surface area contributed by atoms with E-state index in [-0.39, 0.29) is 0 Å². The van der Waals surface area contributed by atoms with Gasteiger partial charge in [-0.2, -0.15) is 0 Å². The molecule has 0 atom stereocenters. The molecule has 2 heteroatoms. The van der Waals surface area contributed by atoms with Gasteiger partial charge in [-0.05, 0) is 161 Å². The number of rotatable bonds is 8. The second-order valence-electron chi connectivity index (χ2n) is 16.4. The first-order chi connectivity index (χ1) is 31.8. The Morgan fingerprint density at radius 2 is 0.438 bits per heavy atom. The number of para-hydroxylation sites is 4. The minimum Gasteiger partial charge on any atom is -0.311 e. The van der Waals surface area contributed by atoms with Crippen LogP contribution < -0.4 is 9.80 Å². The first kappa shape index (κ1) is 37.3. The third-order valence-electron chi connectivity index (χ3n) is 12.8. The fraction of sp³-hybridized carbons (Fsp3) is 0. The van der Waals surface area contributed by atoms with Crippen LogP contribution in [0.3, 0.4) is 0 Å². The van der Waals surface area contributed by atoms with Gasteiger partial charge in [-0.25, -0.2) is 0 Å². The molecule has 0 saturated carbocycles. The number of anilines is 6. The van der Waals surface area contributed by atoms with Crippen molar-refractivity contribution < 1.29 is 0 Å². The lowest BCUT2D eigenvalue weighted by Gasteiger charge is -2.25. The second kappa shape index (κ2) is 15.8. The zero-order valence-electron chi connectivity index (χ0n) is 35.1. The molecule has 0 aromatic heterocycles. The molecule has 0 aliphatic rings. The molecular weight excluding hydrogens is 773 g/mol. The van der Waals surface area contributed by atoms with Gasteiger partial charge in [0.2, 0.25) is 0 Å². The van der Waals surface area contributed by atoms with E-state index in [2.05, 4.69) is 265 Å². The van der Waals surface area contributed by atoms with Crippen molar-refractivity contribution in [2.24, 2.45) is 0 Å². The third-order valence-corrected chi connectivity index (χ3v) is 12.8. The lowest BCUT2D eigenvalue weighted by molar-refractivity contribution is 1.28. The number of benzene rings is 12. The summed E-state index contributed by atoms with van der Waals surface area (Å²) in [4.78, 5) is 4.64.